The second-order valence-electron chi connectivity index (χ2n) is 6.36. The maximum atomic E-state index is 12.3. The van der Waals surface area contributed by atoms with Gasteiger partial charge in [-0.3, -0.25) is 9.69 Å². The van der Waals surface area contributed by atoms with Gasteiger partial charge in [-0.15, -0.1) is 11.3 Å². The zero-order valence-electron chi connectivity index (χ0n) is 14.0. The first-order chi connectivity index (χ1) is 12.3. The Morgan fingerprint density at radius 1 is 1.20 bits per heavy atom. The van der Waals surface area contributed by atoms with Crippen LogP contribution in [0, 0.1) is 0 Å². The number of fused-ring (bicyclic) bond motifs is 1. The summed E-state index contributed by atoms with van der Waals surface area (Å²) in [5, 5.41) is 5.97. The van der Waals surface area contributed by atoms with Crippen LogP contribution in [-0.4, -0.2) is 35.7 Å². The van der Waals surface area contributed by atoms with E-state index in [1.54, 1.807) is 23.5 Å². The number of piperidine rings is 1. The lowest BCUT2D eigenvalue weighted by molar-refractivity contribution is -0.115. The minimum Gasteiger partial charge on any atom is -0.454 e. The van der Waals surface area contributed by atoms with Gasteiger partial charge in [0, 0.05) is 17.1 Å². The number of hydrogen-bond acceptors (Lipinski definition) is 6. The van der Waals surface area contributed by atoms with Gasteiger partial charge in [-0.05, 0) is 38.1 Å². The highest BCUT2D eigenvalue weighted by atomic mass is 32.1. The molecule has 2 aromatic rings. The third-order valence-electron chi connectivity index (χ3n) is 4.40. The zero-order valence-corrected chi connectivity index (χ0v) is 14.8. The SMILES string of the molecule is O=C(Cc1csc(CN2CCCCC2)n1)Nc1ccc2c(c1)OCO2. The fourth-order valence-electron chi connectivity index (χ4n) is 3.16. The Balaban J connectivity index is 1.32. The number of rotatable bonds is 5. The van der Waals surface area contributed by atoms with Crippen LogP contribution in [0.2, 0.25) is 0 Å². The summed E-state index contributed by atoms with van der Waals surface area (Å²) in [5.74, 6) is 1.30. The summed E-state index contributed by atoms with van der Waals surface area (Å²) in [4.78, 5) is 19.3. The lowest BCUT2D eigenvalue weighted by atomic mass is 10.1. The summed E-state index contributed by atoms with van der Waals surface area (Å²) < 4.78 is 10.6. The predicted molar refractivity (Wildman–Crippen MR) is 96.1 cm³/mol. The fraction of sp³-hybridized carbons (Fsp3) is 0.444. The van der Waals surface area contributed by atoms with E-state index in [1.165, 1.54) is 19.3 Å². The Morgan fingerprint density at radius 2 is 2.04 bits per heavy atom. The summed E-state index contributed by atoms with van der Waals surface area (Å²) in [5.41, 5.74) is 1.54. The van der Waals surface area contributed by atoms with Crippen molar-refractivity contribution in [3.05, 3.63) is 34.3 Å². The van der Waals surface area contributed by atoms with E-state index in [1.807, 2.05) is 11.4 Å². The van der Waals surface area contributed by atoms with Crippen molar-refractivity contribution in [1.82, 2.24) is 9.88 Å². The van der Waals surface area contributed by atoms with Gasteiger partial charge in [-0.25, -0.2) is 4.98 Å². The number of ether oxygens (including phenoxy) is 2. The second-order valence-corrected chi connectivity index (χ2v) is 7.31. The van der Waals surface area contributed by atoms with Crippen molar-refractivity contribution < 1.29 is 14.3 Å². The molecule has 0 radical (unpaired) electrons. The molecule has 0 spiro atoms. The zero-order chi connectivity index (χ0) is 17.1. The molecular weight excluding hydrogens is 338 g/mol. The lowest BCUT2D eigenvalue weighted by Crippen LogP contribution is -2.29. The average Bonchev–Trinajstić information content (AvgIpc) is 3.24. The smallest absolute Gasteiger partial charge is 0.231 e. The molecule has 0 saturated carbocycles. The van der Waals surface area contributed by atoms with Crippen LogP contribution in [-0.2, 0) is 17.8 Å². The third kappa shape index (κ3) is 4.11. The number of anilines is 1. The molecule has 1 fully saturated rings. The first-order valence-corrected chi connectivity index (χ1v) is 9.49. The van der Waals surface area contributed by atoms with Crippen LogP contribution in [0.1, 0.15) is 30.0 Å². The molecule has 1 amide bonds. The molecule has 7 heteroatoms. The van der Waals surface area contributed by atoms with Crippen LogP contribution in [0.3, 0.4) is 0 Å². The van der Waals surface area contributed by atoms with Crippen LogP contribution < -0.4 is 14.8 Å². The number of thiazole rings is 1. The maximum absolute atomic E-state index is 12.3. The molecule has 0 bridgehead atoms. The molecule has 1 aromatic carbocycles. The van der Waals surface area contributed by atoms with Crippen molar-refractivity contribution in [1.29, 1.82) is 0 Å². The van der Waals surface area contributed by atoms with Crippen LogP contribution in [0.5, 0.6) is 11.5 Å². The molecular formula is C18H21N3O3S. The van der Waals surface area contributed by atoms with Gasteiger partial charge in [0.05, 0.1) is 18.7 Å². The summed E-state index contributed by atoms with van der Waals surface area (Å²) in [6.07, 6.45) is 4.16. The molecule has 3 heterocycles. The molecule has 0 unspecified atom stereocenters. The van der Waals surface area contributed by atoms with E-state index < -0.39 is 0 Å². The van der Waals surface area contributed by atoms with Crippen molar-refractivity contribution in [2.24, 2.45) is 0 Å². The molecule has 1 saturated heterocycles. The highest BCUT2D eigenvalue weighted by Gasteiger charge is 2.16. The summed E-state index contributed by atoms with van der Waals surface area (Å²) in [6.45, 7) is 3.43. The Labute approximate surface area is 150 Å². The van der Waals surface area contributed by atoms with E-state index in [-0.39, 0.29) is 19.1 Å². The largest absolute Gasteiger partial charge is 0.454 e. The number of amides is 1. The number of hydrogen-bond donors (Lipinski definition) is 1. The van der Waals surface area contributed by atoms with E-state index in [0.717, 1.165) is 30.3 Å². The number of benzene rings is 1. The predicted octanol–water partition coefficient (Wildman–Crippen LogP) is 3.04. The van der Waals surface area contributed by atoms with Gasteiger partial charge in [0.1, 0.15) is 5.01 Å². The normalized spacial score (nSPS) is 16.8. The summed E-state index contributed by atoms with van der Waals surface area (Å²) >= 11 is 1.64. The number of nitrogens with zero attached hydrogens (tertiary/aromatic N) is 2. The highest BCUT2D eigenvalue weighted by Crippen LogP contribution is 2.34. The van der Waals surface area contributed by atoms with Crippen molar-refractivity contribution in [2.45, 2.75) is 32.2 Å². The highest BCUT2D eigenvalue weighted by molar-refractivity contribution is 7.09. The van der Waals surface area contributed by atoms with E-state index >= 15 is 0 Å². The van der Waals surface area contributed by atoms with Gasteiger partial charge in [-0.2, -0.15) is 0 Å². The molecule has 1 aromatic heterocycles. The van der Waals surface area contributed by atoms with E-state index in [2.05, 4.69) is 15.2 Å². The molecule has 4 rings (SSSR count). The van der Waals surface area contributed by atoms with Crippen molar-refractivity contribution in [3.63, 3.8) is 0 Å². The average molecular weight is 359 g/mol. The van der Waals surface area contributed by atoms with Gasteiger partial charge < -0.3 is 14.8 Å². The number of nitrogens with one attached hydrogen (secondary N) is 1. The Hall–Kier alpha value is -2.12. The van der Waals surface area contributed by atoms with E-state index in [9.17, 15) is 4.79 Å². The standard InChI is InChI=1S/C18H21N3O3S/c22-17(19-13-4-5-15-16(8-13)24-12-23-15)9-14-11-25-18(20-14)10-21-6-2-1-3-7-21/h4-5,8,11H,1-3,6-7,9-10,12H2,(H,19,22). The van der Waals surface area contributed by atoms with Crippen LogP contribution in [0.25, 0.3) is 0 Å². The maximum Gasteiger partial charge on any atom is 0.231 e. The topological polar surface area (TPSA) is 63.7 Å². The molecule has 0 atom stereocenters. The van der Waals surface area contributed by atoms with Gasteiger partial charge >= 0.3 is 0 Å². The van der Waals surface area contributed by atoms with Crippen LogP contribution >= 0.6 is 11.3 Å². The molecule has 0 aliphatic carbocycles. The first-order valence-electron chi connectivity index (χ1n) is 8.61. The molecule has 2 aliphatic rings. The molecule has 1 N–H and O–H groups in total. The second kappa shape index (κ2) is 7.41. The Kier molecular flexibility index (Phi) is 4.85. The molecule has 25 heavy (non-hydrogen) atoms. The van der Waals surface area contributed by atoms with Gasteiger partial charge in [-0.1, -0.05) is 6.42 Å². The van der Waals surface area contributed by atoms with Gasteiger partial charge in [0.25, 0.3) is 0 Å². The Morgan fingerprint density at radius 3 is 2.92 bits per heavy atom. The summed E-state index contributed by atoms with van der Waals surface area (Å²) in [7, 11) is 0. The Bertz CT molecular complexity index is 756. The quantitative estimate of drug-likeness (QED) is 0.889. The number of carbonyl (C=O) groups is 1. The number of aromatic nitrogens is 1. The molecule has 132 valence electrons. The molecule has 6 nitrogen and oxygen atoms in total. The lowest BCUT2D eigenvalue weighted by Gasteiger charge is -2.25. The van der Waals surface area contributed by atoms with Crippen molar-refractivity contribution >= 4 is 22.9 Å². The minimum atomic E-state index is -0.0753. The third-order valence-corrected chi connectivity index (χ3v) is 5.29. The number of carbonyl (C=O) groups excluding carboxylic acids is 1. The van der Waals surface area contributed by atoms with Gasteiger partial charge in [0.15, 0.2) is 11.5 Å². The first kappa shape index (κ1) is 16.4. The summed E-state index contributed by atoms with van der Waals surface area (Å²) in [6, 6.07) is 5.40. The van der Waals surface area contributed by atoms with E-state index in [0.29, 0.717) is 17.2 Å². The monoisotopic (exact) mass is 359 g/mol. The fourth-order valence-corrected chi connectivity index (χ4v) is 3.99. The van der Waals surface area contributed by atoms with Crippen molar-refractivity contribution in [2.75, 3.05) is 25.2 Å². The van der Waals surface area contributed by atoms with Crippen LogP contribution in [0.4, 0.5) is 5.69 Å². The van der Waals surface area contributed by atoms with Crippen LogP contribution in [0.15, 0.2) is 23.6 Å². The van der Waals surface area contributed by atoms with E-state index in [4.69, 9.17) is 9.47 Å². The molecule has 2 aliphatic heterocycles. The minimum absolute atomic E-state index is 0.0753. The number of likely N-dealkylation sites (tertiary alicyclic amines) is 1. The van der Waals surface area contributed by atoms with Gasteiger partial charge in [0.2, 0.25) is 12.7 Å². The van der Waals surface area contributed by atoms with Crippen molar-refractivity contribution in [3.8, 4) is 11.5 Å².